The Hall–Kier alpha value is -2.27. The Morgan fingerprint density at radius 1 is 1.00 bits per heavy atom. The lowest BCUT2D eigenvalue weighted by atomic mass is 10.1. The van der Waals surface area contributed by atoms with Crippen LogP contribution in [0.2, 0.25) is 0 Å². The Bertz CT molecular complexity index is 892. The van der Waals surface area contributed by atoms with Crippen LogP contribution in [0, 0.1) is 20.8 Å². The van der Waals surface area contributed by atoms with Crippen LogP contribution in [0.4, 0.5) is 0 Å². The van der Waals surface area contributed by atoms with E-state index in [9.17, 15) is 9.59 Å². The van der Waals surface area contributed by atoms with E-state index >= 15 is 0 Å². The molecule has 0 spiro atoms. The van der Waals surface area contributed by atoms with Crippen LogP contribution >= 0.6 is 11.8 Å². The number of amides is 2. The van der Waals surface area contributed by atoms with Gasteiger partial charge in [0.25, 0.3) is 0 Å². The molecule has 0 aliphatic rings. The van der Waals surface area contributed by atoms with Crippen molar-refractivity contribution in [2.75, 3.05) is 5.75 Å². The third-order valence-corrected chi connectivity index (χ3v) is 6.75. The van der Waals surface area contributed by atoms with Crippen LogP contribution in [0.3, 0.4) is 0 Å². The average molecular weight is 455 g/mol. The van der Waals surface area contributed by atoms with E-state index in [1.165, 1.54) is 16.7 Å². The maximum absolute atomic E-state index is 13.4. The number of hydrogen-bond donors (Lipinski definition) is 1. The Labute approximate surface area is 198 Å². The summed E-state index contributed by atoms with van der Waals surface area (Å²) in [5, 5.41) is 3.07. The minimum atomic E-state index is -0.474. The molecule has 0 aromatic heterocycles. The second-order valence-electron chi connectivity index (χ2n) is 8.68. The van der Waals surface area contributed by atoms with Crippen LogP contribution < -0.4 is 5.32 Å². The van der Waals surface area contributed by atoms with Gasteiger partial charge >= 0.3 is 0 Å². The van der Waals surface area contributed by atoms with E-state index in [0.29, 0.717) is 18.7 Å². The summed E-state index contributed by atoms with van der Waals surface area (Å²) in [5.41, 5.74) is 5.91. The first-order valence-corrected chi connectivity index (χ1v) is 12.7. The number of hydrogen-bond acceptors (Lipinski definition) is 3. The second-order valence-corrected chi connectivity index (χ2v) is 9.66. The molecule has 0 saturated heterocycles. The van der Waals surface area contributed by atoms with Crippen molar-refractivity contribution in [3.63, 3.8) is 0 Å². The standard InChI is InChI=1S/C27H38N2O2S/c1-7-22(6)28-27(31)25(8-2)29(16-24-12-10-9-11-21(24)5)26(30)18-32-17-23-14-19(3)13-20(4)15-23/h9-15,22,25H,7-8,16-18H2,1-6H3,(H,28,31)/t22-,25-/m1/s1. The summed E-state index contributed by atoms with van der Waals surface area (Å²) in [6.45, 7) is 12.7. The lowest BCUT2D eigenvalue weighted by Crippen LogP contribution is -2.51. The van der Waals surface area contributed by atoms with Gasteiger partial charge in [-0.15, -0.1) is 11.8 Å². The minimum Gasteiger partial charge on any atom is -0.352 e. The molecular formula is C27H38N2O2S. The molecule has 0 heterocycles. The van der Waals surface area contributed by atoms with Gasteiger partial charge in [-0.3, -0.25) is 9.59 Å². The fourth-order valence-corrected chi connectivity index (χ4v) is 4.67. The van der Waals surface area contributed by atoms with Crippen molar-refractivity contribution in [1.82, 2.24) is 10.2 Å². The summed E-state index contributed by atoms with van der Waals surface area (Å²) in [6, 6.07) is 14.2. The molecule has 32 heavy (non-hydrogen) atoms. The van der Waals surface area contributed by atoms with Crippen molar-refractivity contribution in [2.24, 2.45) is 0 Å². The van der Waals surface area contributed by atoms with Gasteiger partial charge in [0.1, 0.15) is 6.04 Å². The number of rotatable bonds is 11. The summed E-state index contributed by atoms with van der Waals surface area (Å²) in [7, 11) is 0. The highest BCUT2D eigenvalue weighted by atomic mass is 32.2. The predicted octanol–water partition coefficient (Wildman–Crippen LogP) is 5.57. The molecule has 0 aliphatic heterocycles. The SMILES string of the molecule is CC[C@@H](C)NC(=O)[C@@H](CC)N(Cc1ccccc1C)C(=O)CSCc1cc(C)cc(C)c1. The number of carbonyl (C=O) groups excluding carboxylic acids is 2. The number of carbonyl (C=O) groups is 2. The molecule has 0 saturated carbocycles. The zero-order valence-corrected chi connectivity index (χ0v) is 21.2. The van der Waals surface area contributed by atoms with Crippen molar-refractivity contribution in [3.05, 3.63) is 70.3 Å². The van der Waals surface area contributed by atoms with Gasteiger partial charge in [0.15, 0.2) is 0 Å². The van der Waals surface area contributed by atoms with Gasteiger partial charge in [0.2, 0.25) is 11.8 Å². The molecule has 2 atom stereocenters. The number of benzene rings is 2. The number of nitrogens with zero attached hydrogens (tertiary/aromatic N) is 1. The first-order chi connectivity index (χ1) is 15.2. The van der Waals surface area contributed by atoms with Crippen LogP contribution in [0.1, 0.15) is 61.4 Å². The van der Waals surface area contributed by atoms with Gasteiger partial charge in [-0.2, -0.15) is 0 Å². The van der Waals surface area contributed by atoms with Gasteiger partial charge in [-0.1, -0.05) is 67.4 Å². The van der Waals surface area contributed by atoms with Crippen molar-refractivity contribution < 1.29 is 9.59 Å². The first kappa shape index (κ1) is 26.0. The molecule has 2 rings (SSSR count). The highest BCUT2D eigenvalue weighted by Crippen LogP contribution is 2.20. The van der Waals surface area contributed by atoms with E-state index in [4.69, 9.17) is 0 Å². The molecule has 0 bridgehead atoms. The summed E-state index contributed by atoms with van der Waals surface area (Å²) >= 11 is 1.61. The number of nitrogens with one attached hydrogen (secondary N) is 1. The van der Waals surface area contributed by atoms with Crippen molar-refractivity contribution >= 4 is 23.6 Å². The average Bonchev–Trinajstić information content (AvgIpc) is 2.74. The van der Waals surface area contributed by atoms with Gasteiger partial charge in [-0.05, 0) is 57.2 Å². The molecular weight excluding hydrogens is 416 g/mol. The molecule has 0 unspecified atom stereocenters. The Morgan fingerprint density at radius 2 is 1.66 bits per heavy atom. The summed E-state index contributed by atoms with van der Waals surface area (Å²) in [4.78, 5) is 28.2. The molecule has 4 nitrogen and oxygen atoms in total. The largest absolute Gasteiger partial charge is 0.352 e. The second kappa shape index (κ2) is 12.7. The van der Waals surface area contributed by atoms with E-state index in [1.807, 2.05) is 52.0 Å². The molecule has 174 valence electrons. The zero-order chi connectivity index (χ0) is 23.7. The molecule has 0 aliphatic carbocycles. The Morgan fingerprint density at radius 3 is 2.25 bits per heavy atom. The maximum Gasteiger partial charge on any atom is 0.243 e. The smallest absolute Gasteiger partial charge is 0.243 e. The van der Waals surface area contributed by atoms with E-state index < -0.39 is 6.04 Å². The van der Waals surface area contributed by atoms with E-state index in [-0.39, 0.29) is 17.9 Å². The quantitative estimate of drug-likeness (QED) is 0.483. The van der Waals surface area contributed by atoms with Crippen LogP contribution in [0.5, 0.6) is 0 Å². The van der Waals surface area contributed by atoms with Crippen molar-refractivity contribution in [3.8, 4) is 0 Å². The van der Waals surface area contributed by atoms with Crippen LogP contribution in [0.15, 0.2) is 42.5 Å². The van der Waals surface area contributed by atoms with Crippen LogP contribution in [0.25, 0.3) is 0 Å². The van der Waals surface area contributed by atoms with E-state index in [2.05, 4.69) is 37.4 Å². The topological polar surface area (TPSA) is 49.4 Å². The number of thioether (sulfide) groups is 1. The lowest BCUT2D eigenvalue weighted by Gasteiger charge is -2.32. The van der Waals surface area contributed by atoms with Crippen LogP contribution in [-0.2, 0) is 21.9 Å². The monoisotopic (exact) mass is 454 g/mol. The molecule has 5 heteroatoms. The molecule has 0 radical (unpaired) electrons. The van der Waals surface area contributed by atoms with Crippen LogP contribution in [-0.4, -0.2) is 34.6 Å². The molecule has 1 N–H and O–H groups in total. The van der Waals surface area contributed by atoms with Gasteiger partial charge < -0.3 is 10.2 Å². The third-order valence-electron chi connectivity index (χ3n) is 5.76. The first-order valence-electron chi connectivity index (χ1n) is 11.5. The fourth-order valence-electron chi connectivity index (χ4n) is 3.82. The Kier molecular flexibility index (Phi) is 10.3. The highest BCUT2D eigenvalue weighted by molar-refractivity contribution is 7.99. The van der Waals surface area contributed by atoms with Crippen molar-refractivity contribution in [2.45, 2.75) is 78.8 Å². The van der Waals surface area contributed by atoms with E-state index in [1.54, 1.807) is 16.7 Å². The zero-order valence-electron chi connectivity index (χ0n) is 20.4. The summed E-state index contributed by atoms with van der Waals surface area (Å²) < 4.78 is 0. The Balaban J connectivity index is 2.17. The fraction of sp³-hybridized carbons (Fsp3) is 0.481. The summed E-state index contributed by atoms with van der Waals surface area (Å²) in [6.07, 6.45) is 1.45. The lowest BCUT2D eigenvalue weighted by molar-refractivity contribution is -0.139. The highest BCUT2D eigenvalue weighted by Gasteiger charge is 2.29. The molecule has 2 amide bonds. The maximum atomic E-state index is 13.4. The van der Waals surface area contributed by atoms with Gasteiger partial charge in [0, 0.05) is 18.3 Å². The third kappa shape index (κ3) is 7.70. The van der Waals surface area contributed by atoms with Gasteiger partial charge in [0.05, 0.1) is 5.75 Å². The minimum absolute atomic E-state index is 0.00813. The number of aryl methyl sites for hydroxylation is 3. The predicted molar refractivity (Wildman–Crippen MR) is 136 cm³/mol. The molecule has 2 aromatic rings. The summed E-state index contributed by atoms with van der Waals surface area (Å²) in [5.74, 6) is 1.07. The van der Waals surface area contributed by atoms with Gasteiger partial charge in [-0.25, -0.2) is 0 Å². The van der Waals surface area contributed by atoms with E-state index in [0.717, 1.165) is 23.3 Å². The molecule has 2 aromatic carbocycles. The normalized spacial score (nSPS) is 12.8. The molecule has 0 fully saturated rings. The van der Waals surface area contributed by atoms with Crippen molar-refractivity contribution in [1.29, 1.82) is 0 Å².